The summed E-state index contributed by atoms with van der Waals surface area (Å²) in [4.78, 5) is 20.2. The number of hydrogen-bond acceptors (Lipinski definition) is 6. The molecular formula is C16H16N4O3S. The Kier molecular flexibility index (Phi) is 4.88. The quantitative estimate of drug-likeness (QED) is 0.661. The van der Waals surface area contributed by atoms with E-state index in [0.717, 1.165) is 21.3 Å². The SMILES string of the molecule is COc1cncc(-c2ccc3nc(NC(=O)NCCO)sc3c2)c1. The first-order valence-electron chi connectivity index (χ1n) is 7.25. The second-order valence-electron chi connectivity index (χ2n) is 4.92. The second-order valence-corrected chi connectivity index (χ2v) is 5.95. The zero-order valence-electron chi connectivity index (χ0n) is 12.9. The maximum absolute atomic E-state index is 11.6. The Morgan fingerprint density at radius 2 is 2.17 bits per heavy atom. The fourth-order valence-electron chi connectivity index (χ4n) is 2.16. The number of carbonyl (C=O) groups excluding carboxylic acids is 1. The van der Waals surface area contributed by atoms with E-state index >= 15 is 0 Å². The molecule has 3 N–H and O–H groups in total. The number of thiazole rings is 1. The van der Waals surface area contributed by atoms with Crippen LogP contribution in [0.3, 0.4) is 0 Å². The molecular weight excluding hydrogens is 328 g/mol. The molecule has 3 aromatic rings. The van der Waals surface area contributed by atoms with E-state index in [1.165, 1.54) is 11.3 Å². The van der Waals surface area contributed by atoms with Crippen LogP contribution < -0.4 is 15.4 Å². The van der Waals surface area contributed by atoms with Gasteiger partial charge in [-0.2, -0.15) is 0 Å². The van der Waals surface area contributed by atoms with Gasteiger partial charge in [-0.3, -0.25) is 10.3 Å². The van der Waals surface area contributed by atoms with Crippen molar-refractivity contribution in [3.8, 4) is 16.9 Å². The Bertz CT molecular complexity index is 865. The first-order chi connectivity index (χ1) is 11.7. The molecule has 0 spiro atoms. The van der Waals surface area contributed by atoms with Crippen LogP contribution in [0.25, 0.3) is 21.3 Å². The van der Waals surface area contributed by atoms with Gasteiger partial charge in [0.2, 0.25) is 0 Å². The number of pyridine rings is 1. The topological polar surface area (TPSA) is 96.4 Å². The van der Waals surface area contributed by atoms with Gasteiger partial charge in [0.1, 0.15) is 5.75 Å². The van der Waals surface area contributed by atoms with E-state index in [2.05, 4.69) is 20.6 Å². The summed E-state index contributed by atoms with van der Waals surface area (Å²) in [5.74, 6) is 0.694. The van der Waals surface area contributed by atoms with Crippen LogP contribution in [0.15, 0.2) is 36.7 Å². The van der Waals surface area contributed by atoms with Crippen molar-refractivity contribution in [1.82, 2.24) is 15.3 Å². The van der Waals surface area contributed by atoms with Crippen molar-refractivity contribution in [1.29, 1.82) is 0 Å². The fraction of sp³-hybridized carbons (Fsp3) is 0.188. The molecule has 2 amide bonds. The van der Waals surface area contributed by atoms with Crippen LogP contribution in [0.1, 0.15) is 0 Å². The molecule has 24 heavy (non-hydrogen) atoms. The van der Waals surface area contributed by atoms with E-state index in [-0.39, 0.29) is 19.2 Å². The van der Waals surface area contributed by atoms with Crippen molar-refractivity contribution in [3.05, 3.63) is 36.7 Å². The number of benzene rings is 1. The van der Waals surface area contributed by atoms with Gasteiger partial charge in [-0.05, 0) is 23.8 Å². The minimum Gasteiger partial charge on any atom is -0.495 e. The molecule has 0 unspecified atom stereocenters. The average molecular weight is 344 g/mol. The molecule has 8 heteroatoms. The lowest BCUT2D eigenvalue weighted by atomic mass is 10.1. The number of methoxy groups -OCH3 is 1. The minimum absolute atomic E-state index is 0.106. The number of urea groups is 1. The number of nitrogens with one attached hydrogen (secondary N) is 2. The molecule has 2 aromatic heterocycles. The largest absolute Gasteiger partial charge is 0.495 e. The van der Waals surface area contributed by atoms with E-state index < -0.39 is 0 Å². The van der Waals surface area contributed by atoms with Crippen molar-refractivity contribution in [2.45, 2.75) is 0 Å². The first-order valence-corrected chi connectivity index (χ1v) is 8.07. The number of anilines is 1. The van der Waals surface area contributed by atoms with Gasteiger partial charge in [0.05, 0.1) is 30.1 Å². The highest BCUT2D eigenvalue weighted by atomic mass is 32.1. The predicted octanol–water partition coefficient (Wildman–Crippen LogP) is 2.48. The first kappa shape index (κ1) is 16.2. The molecule has 0 aliphatic heterocycles. The Morgan fingerprint density at radius 1 is 1.29 bits per heavy atom. The molecule has 124 valence electrons. The van der Waals surface area contributed by atoms with Crippen LogP contribution in [0, 0.1) is 0 Å². The van der Waals surface area contributed by atoms with Gasteiger partial charge in [0.15, 0.2) is 5.13 Å². The zero-order chi connectivity index (χ0) is 16.9. The molecule has 1 aromatic carbocycles. The molecule has 0 aliphatic rings. The minimum atomic E-state index is -0.389. The normalized spacial score (nSPS) is 10.6. The molecule has 7 nitrogen and oxygen atoms in total. The number of fused-ring (bicyclic) bond motifs is 1. The third kappa shape index (κ3) is 3.61. The highest BCUT2D eigenvalue weighted by molar-refractivity contribution is 7.22. The number of aliphatic hydroxyl groups is 1. The van der Waals surface area contributed by atoms with Crippen LogP contribution in [0.2, 0.25) is 0 Å². The third-order valence-electron chi connectivity index (χ3n) is 3.29. The molecule has 0 saturated heterocycles. The van der Waals surface area contributed by atoms with Crippen LogP contribution in [0.4, 0.5) is 9.93 Å². The van der Waals surface area contributed by atoms with Crippen molar-refractivity contribution in [3.63, 3.8) is 0 Å². The summed E-state index contributed by atoms with van der Waals surface area (Å²) >= 11 is 1.38. The van der Waals surface area contributed by atoms with Gasteiger partial charge in [0.25, 0.3) is 0 Å². The number of hydrogen-bond donors (Lipinski definition) is 3. The van der Waals surface area contributed by atoms with E-state index in [9.17, 15) is 4.79 Å². The van der Waals surface area contributed by atoms with Gasteiger partial charge in [-0.15, -0.1) is 0 Å². The number of aromatic nitrogens is 2. The number of aliphatic hydroxyl groups excluding tert-OH is 1. The second kappa shape index (κ2) is 7.24. The molecule has 0 bridgehead atoms. The maximum atomic E-state index is 11.6. The third-order valence-corrected chi connectivity index (χ3v) is 4.22. The Hall–Kier alpha value is -2.71. The molecule has 0 radical (unpaired) electrons. The predicted molar refractivity (Wildman–Crippen MR) is 93.5 cm³/mol. The number of amides is 2. The highest BCUT2D eigenvalue weighted by Gasteiger charge is 2.09. The monoisotopic (exact) mass is 344 g/mol. The fourth-order valence-corrected chi connectivity index (χ4v) is 3.06. The highest BCUT2D eigenvalue weighted by Crippen LogP contribution is 2.31. The van der Waals surface area contributed by atoms with Crippen molar-refractivity contribution in [2.75, 3.05) is 25.6 Å². The molecule has 3 rings (SSSR count). The zero-order valence-corrected chi connectivity index (χ0v) is 13.8. The summed E-state index contributed by atoms with van der Waals surface area (Å²) in [7, 11) is 1.60. The number of carbonyl (C=O) groups is 1. The van der Waals surface area contributed by atoms with E-state index in [4.69, 9.17) is 9.84 Å². The van der Waals surface area contributed by atoms with Gasteiger partial charge in [-0.25, -0.2) is 9.78 Å². The lowest BCUT2D eigenvalue weighted by Gasteiger charge is -2.03. The average Bonchev–Trinajstić information content (AvgIpc) is 3.01. The summed E-state index contributed by atoms with van der Waals surface area (Å²) in [6.07, 6.45) is 3.42. The lowest BCUT2D eigenvalue weighted by molar-refractivity contribution is 0.245. The Labute approximate surface area is 142 Å². The van der Waals surface area contributed by atoms with E-state index in [0.29, 0.717) is 10.9 Å². The number of nitrogens with zero attached hydrogens (tertiary/aromatic N) is 2. The Morgan fingerprint density at radius 3 is 2.96 bits per heavy atom. The van der Waals surface area contributed by atoms with Crippen LogP contribution in [0.5, 0.6) is 5.75 Å². The van der Waals surface area contributed by atoms with Crippen LogP contribution >= 0.6 is 11.3 Å². The van der Waals surface area contributed by atoms with Gasteiger partial charge >= 0.3 is 6.03 Å². The molecule has 0 fully saturated rings. The van der Waals surface area contributed by atoms with Gasteiger partial charge < -0.3 is 15.2 Å². The molecule has 0 aliphatic carbocycles. The number of rotatable bonds is 5. The summed E-state index contributed by atoms with van der Waals surface area (Å²) in [5.41, 5.74) is 2.74. The molecule has 2 heterocycles. The summed E-state index contributed by atoms with van der Waals surface area (Å²) in [5, 5.41) is 14.4. The van der Waals surface area contributed by atoms with Crippen molar-refractivity contribution >= 4 is 32.7 Å². The molecule has 0 atom stereocenters. The van der Waals surface area contributed by atoms with E-state index in [1.54, 1.807) is 19.5 Å². The standard InChI is InChI=1S/C16H16N4O3S/c1-23-12-6-11(8-17-9-12)10-2-3-13-14(7-10)24-16(19-13)20-15(22)18-4-5-21/h2-3,6-9,21H,4-5H2,1H3,(H2,18,19,20,22). The lowest BCUT2D eigenvalue weighted by Crippen LogP contribution is -2.30. The van der Waals surface area contributed by atoms with E-state index in [1.807, 2.05) is 24.3 Å². The van der Waals surface area contributed by atoms with Gasteiger partial charge in [0, 0.05) is 18.3 Å². The number of ether oxygens (including phenoxy) is 1. The van der Waals surface area contributed by atoms with Gasteiger partial charge in [-0.1, -0.05) is 17.4 Å². The van der Waals surface area contributed by atoms with Crippen molar-refractivity contribution in [2.24, 2.45) is 0 Å². The summed E-state index contributed by atoms with van der Waals surface area (Å²) in [6, 6.07) is 7.38. The van der Waals surface area contributed by atoms with Crippen molar-refractivity contribution < 1.29 is 14.6 Å². The maximum Gasteiger partial charge on any atom is 0.321 e. The van der Waals surface area contributed by atoms with Crippen LogP contribution in [-0.2, 0) is 0 Å². The Balaban J connectivity index is 1.84. The summed E-state index contributed by atoms with van der Waals surface area (Å²) in [6.45, 7) is 0.0922. The molecule has 0 saturated carbocycles. The summed E-state index contributed by atoms with van der Waals surface area (Å²) < 4.78 is 6.15. The van der Waals surface area contributed by atoms with Crippen LogP contribution in [-0.4, -0.2) is 41.4 Å². The smallest absolute Gasteiger partial charge is 0.321 e.